The molecule has 1 amide bonds. The SMILES string of the molecule is COCCNC(=O)C(C)n1c(N)nc2ccc(OC)cc21. The minimum Gasteiger partial charge on any atom is -0.497 e. The zero-order valence-corrected chi connectivity index (χ0v) is 12.4. The summed E-state index contributed by atoms with van der Waals surface area (Å²) < 4.78 is 11.8. The first kappa shape index (κ1) is 15.1. The van der Waals surface area contributed by atoms with Crippen LogP contribution in [0.3, 0.4) is 0 Å². The van der Waals surface area contributed by atoms with Gasteiger partial charge in [0, 0.05) is 19.7 Å². The highest BCUT2D eigenvalue weighted by atomic mass is 16.5. The van der Waals surface area contributed by atoms with E-state index in [1.54, 1.807) is 25.7 Å². The van der Waals surface area contributed by atoms with E-state index in [4.69, 9.17) is 15.2 Å². The molecule has 1 atom stereocenters. The van der Waals surface area contributed by atoms with Crippen molar-refractivity contribution in [2.45, 2.75) is 13.0 Å². The molecule has 114 valence electrons. The van der Waals surface area contributed by atoms with Crippen LogP contribution in [0.25, 0.3) is 11.0 Å². The van der Waals surface area contributed by atoms with E-state index in [0.717, 1.165) is 11.0 Å². The Morgan fingerprint density at radius 1 is 1.48 bits per heavy atom. The summed E-state index contributed by atoms with van der Waals surface area (Å²) in [7, 11) is 3.18. The van der Waals surface area contributed by atoms with E-state index in [0.29, 0.717) is 24.8 Å². The van der Waals surface area contributed by atoms with Crippen LogP contribution in [0, 0.1) is 0 Å². The molecule has 0 aliphatic carbocycles. The highest BCUT2D eigenvalue weighted by Gasteiger charge is 2.20. The fraction of sp³-hybridized carbons (Fsp3) is 0.429. The molecule has 1 aromatic heterocycles. The van der Waals surface area contributed by atoms with Gasteiger partial charge in [0.05, 0.1) is 24.8 Å². The maximum absolute atomic E-state index is 12.2. The van der Waals surface area contributed by atoms with Crippen molar-refractivity contribution in [3.63, 3.8) is 0 Å². The fourth-order valence-corrected chi connectivity index (χ4v) is 2.17. The quantitative estimate of drug-likeness (QED) is 0.773. The number of hydrogen-bond donors (Lipinski definition) is 2. The molecular formula is C14H20N4O3. The second-order valence-corrected chi connectivity index (χ2v) is 4.65. The molecule has 1 heterocycles. The Labute approximate surface area is 123 Å². The molecule has 0 spiro atoms. The molecule has 2 rings (SSSR count). The van der Waals surface area contributed by atoms with E-state index in [-0.39, 0.29) is 5.91 Å². The van der Waals surface area contributed by atoms with Crippen molar-refractivity contribution in [2.24, 2.45) is 0 Å². The highest BCUT2D eigenvalue weighted by molar-refractivity contribution is 5.86. The molecule has 0 radical (unpaired) electrons. The van der Waals surface area contributed by atoms with Crippen molar-refractivity contribution in [2.75, 3.05) is 33.1 Å². The van der Waals surface area contributed by atoms with Crippen LogP contribution in [-0.2, 0) is 9.53 Å². The second kappa shape index (κ2) is 6.45. The molecule has 0 bridgehead atoms. The monoisotopic (exact) mass is 292 g/mol. The van der Waals surface area contributed by atoms with Gasteiger partial charge < -0.3 is 20.5 Å². The number of carbonyl (C=O) groups excluding carboxylic acids is 1. The number of anilines is 1. The van der Waals surface area contributed by atoms with E-state index in [2.05, 4.69) is 10.3 Å². The first-order valence-corrected chi connectivity index (χ1v) is 6.66. The summed E-state index contributed by atoms with van der Waals surface area (Å²) in [6.45, 7) is 2.70. The average Bonchev–Trinajstić information content (AvgIpc) is 2.81. The number of carbonyl (C=O) groups is 1. The van der Waals surface area contributed by atoms with Gasteiger partial charge in [-0.3, -0.25) is 9.36 Å². The Morgan fingerprint density at radius 3 is 2.90 bits per heavy atom. The van der Waals surface area contributed by atoms with Crippen LogP contribution < -0.4 is 15.8 Å². The molecule has 7 heteroatoms. The lowest BCUT2D eigenvalue weighted by Gasteiger charge is -2.16. The summed E-state index contributed by atoms with van der Waals surface area (Å²) in [5.41, 5.74) is 7.44. The van der Waals surface area contributed by atoms with Crippen LogP contribution in [0.2, 0.25) is 0 Å². The zero-order chi connectivity index (χ0) is 15.4. The number of methoxy groups -OCH3 is 2. The van der Waals surface area contributed by atoms with E-state index >= 15 is 0 Å². The van der Waals surface area contributed by atoms with E-state index in [1.165, 1.54) is 0 Å². The molecule has 21 heavy (non-hydrogen) atoms. The van der Waals surface area contributed by atoms with Crippen LogP contribution in [0.4, 0.5) is 5.95 Å². The van der Waals surface area contributed by atoms with Gasteiger partial charge in [-0.25, -0.2) is 4.98 Å². The maximum atomic E-state index is 12.2. The van der Waals surface area contributed by atoms with Gasteiger partial charge in [-0.1, -0.05) is 0 Å². The molecule has 0 fully saturated rings. The van der Waals surface area contributed by atoms with Crippen LogP contribution in [0.5, 0.6) is 5.75 Å². The smallest absolute Gasteiger partial charge is 0.242 e. The van der Waals surface area contributed by atoms with Gasteiger partial charge in [0.15, 0.2) is 0 Å². The van der Waals surface area contributed by atoms with Gasteiger partial charge in [-0.2, -0.15) is 0 Å². The summed E-state index contributed by atoms with van der Waals surface area (Å²) in [5.74, 6) is 0.851. The molecule has 7 nitrogen and oxygen atoms in total. The number of nitrogens with one attached hydrogen (secondary N) is 1. The maximum Gasteiger partial charge on any atom is 0.242 e. The number of benzene rings is 1. The Morgan fingerprint density at radius 2 is 2.24 bits per heavy atom. The highest BCUT2D eigenvalue weighted by Crippen LogP contribution is 2.26. The number of amides is 1. The van der Waals surface area contributed by atoms with Crippen LogP contribution in [0.15, 0.2) is 18.2 Å². The third-order valence-corrected chi connectivity index (χ3v) is 3.30. The first-order chi connectivity index (χ1) is 10.1. The number of nitrogen functional groups attached to an aromatic ring is 1. The van der Waals surface area contributed by atoms with Gasteiger partial charge in [0.2, 0.25) is 11.9 Å². The minimum absolute atomic E-state index is 0.138. The second-order valence-electron chi connectivity index (χ2n) is 4.65. The lowest BCUT2D eigenvalue weighted by atomic mass is 10.2. The summed E-state index contributed by atoms with van der Waals surface area (Å²) in [4.78, 5) is 16.4. The number of imidazole rings is 1. The predicted octanol–water partition coefficient (Wildman–Crippen LogP) is 0.951. The van der Waals surface area contributed by atoms with Crippen molar-refractivity contribution in [3.05, 3.63) is 18.2 Å². The van der Waals surface area contributed by atoms with Crippen LogP contribution in [-0.4, -0.2) is 42.8 Å². The van der Waals surface area contributed by atoms with Gasteiger partial charge in [-0.15, -0.1) is 0 Å². The lowest BCUT2D eigenvalue weighted by molar-refractivity contribution is -0.123. The Balaban J connectivity index is 2.31. The first-order valence-electron chi connectivity index (χ1n) is 6.66. The molecule has 0 aliphatic heterocycles. The Bertz CT molecular complexity index is 638. The summed E-state index contributed by atoms with van der Waals surface area (Å²) in [5, 5.41) is 2.79. The topological polar surface area (TPSA) is 91.4 Å². The number of nitrogens with zero attached hydrogens (tertiary/aromatic N) is 2. The van der Waals surface area contributed by atoms with Crippen molar-refractivity contribution >= 4 is 22.9 Å². The number of fused-ring (bicyclic) bond motifs is 1. The van der Waals surface area contributed by atoms with E-state index in [9.17, 15) is 4.79 Å². The van der Waals surface area contributed by atoms with Gasteiger partial charge in [0.25, 0.3) is 0 Å². The number of hydrogen-bond acceptors (Lipinski definition) is 5. The van der Waals surface area contributed by atoms with Crippen molar-refractivity contribution in [1.82, 2.24) is 14.9 Å². The van der Waals surface area contributed by atoms with E-state index in [1.807, 2.05) is 18.2 Å². The molecule has 2 aromatic rings. The molecule has 0 aliphatic rings. The number of rotatable bonds is 6. The summed E-state index contributed by atoms with van der Waals surface area (Å²) in [6, 6.07) is 4.97. The van der Waals surface area contributed by atoms with Crippen LogP contribution in [0.1, 0.15) is 13.0 Å². The van der Waals surface area contributed by atoms with Gasteiger partial charge in [0.1, 0.15) is 11.8 Å². The molecular weight excluding hydrogens is 272 g/mol. The lowest BCUT2D eigenvalue weighted by Crippen LogP contribution is -2.33. The summed E-state index contributed by atoms with van der Waals surface area (Å²) >= 11 is 0. The fourth-order valence-electron chi connectivity index (χ4n) is 2.17. The number of aromatic nitrogens is 2. The minimum atomic E-state index is -0.473. The predicted molar refractivity (Wildman–Crippen MR) is 80.3 cm³/mol. The molecule has 0 saturated carbocycles. The van der Waals surface area contributed by atoms with Crippen molar-refractivity contribution < 1.29 is 14.3 Å². The normalized spacial score (nSPS) is 12.3. The van der Waals surface area contributed by atoms with Gasteiger partial charge in [-0.05, 0) is 19.1 Å². The Kier molecular flexibility index (Phi) is 4.64. The standard InChI is InChI=1S/C14H20N4O3/c1-9(13(19)16-6-7-20-2)18-12-8-10(21-3)4-5-11(12)17-14(18)15/h4-5,8-9H,6-7H2,1-3H3,(H2,15,17)(H,16,19). The number of nitrogens with two attached hydrogens (primary N) is 1. The van der Waals surface area contributed by atoms with Crippen LogP contribution >= 0.6 is 0 Å². The molecule has 3 N–H and O–H groups in total. The third kappa shape index (κ3) is 3.08. The third-order valence-electron chi connectivity index (χ3n) is 3.30. The summed E-state index contributed by atoms with van der Waals surface area (Å²) in [6.07, 6.45) is 0. The largest absolute Gasteiger partial charge is 0.497 e. The molecule has 1 unspecified atom stereocenters. The van der Waals surface area contributed by atoms with Crippen molar-refractivity contribution in [3.8, 4) is 5.75 Å². The van der Waals surface area contributed by atoms with Gasteiger partial charge >= 0.3 is 0 Å². The molecule has 1 aromatic carbocycles. The number of ether oxygens (including phenoxy) is 2. The Hall–Kier alpha value is -2.28. The zero-order valence-electron chi connectivity index (χ0n) is 12.4. The average molecular weight is 292 g/mol. The van der Waals surface area contributed by atoms with Crippen molar-refractivity contribution in [1.29, 1.82) is 0 Å². The molecule has 0 saturated heterocycles. The van der Waals surface area contributed by atoms with E-state index < -0.39 is 6.04 Å².